The number of nitrogens with zero attached hydrogens (tertiary/aromatic N) is 2. The monoisotopic (exact) mass is 301 g/mol. The number of benzene rings is 1. The molecular weight excluding hydrogens is 278 g/mol. The number of carbonyl (C=O) groups is 1. The molecule has 2 aromatic rings. The fourth-order valence-electron chi connectivity index (χ4n) is 2.08. The normalized spacial score (nSPS) is 11.9. The molecule has 1 heterocycles. The van der Waals surface area contributed by atoms with Gasteiger partial charge in [0.25, 0.3) is 0 Å². The molecule has 1 N–H and O–H groups in total. The van der Waals surface area contributed by atoms with Crippen LogP contribution in [0.25, 0.3) is 0 Å². The zero-order valence-corrected chi connectivity index (χ0v) is 13.2. The molecule has 0 bridgehead atoms. The second-order valence-corrected chi connectivity index (χ2v) is 5.23. The highest BCUT2D eigenvalue weighted by Gasteiger charge is 2.10. The van der Waals surface area contributed by atoms with Gasteiger partial charge in [0.15, 0.2) is 0 Å². The maximum Gasteiger partial charge on any atom is 0.225 e. The molecule has 0 aliphatic rings. The summed E-state index contributed by atoms with van der Waals surface area (Å²) in [4.78, 5) is 12.0. The lowest BCUT2D eigenvalue weighted by atomic mass is 10.2. The first-order valence-corrected chi connectivity index (χ1v) is 7.72. The summed E-state index contributed by atoms with van der Waals surface area (Å²) in [5, 5.41) is 7.16. The predicted octanol–water partition coefficient (Wildman–Crippen LogP) is 3.65. The van der Waals surface area contributed by atoms with Gasteiger partial charge >= 0.3 is 0 Å². The van der Waals surface area contributed by atoms with E-state index in [1.165, 1.54) is 0 Å². The van der Waals surface area contributed by atoms with Crippen molar-refractivity contribution in [3.05, 3.63) is 42.6 Å². The fraction of sp³-hybridized carbons (Fsp3) is 0.412. The minimum absolute atomic E-state index is 0.0123. The summed E-state index contributed by atoms with van der Waals surface area (Å²) in [5.41, 5.74) is 0. The lowest BCUT2D eigenvalue weighted by Crippen LogP contribution is -2.17. The molecule has 118 valence electrons. The van der Waals surface area contributed by atoms with Crippen LogP contribution in [0.2, 0.25) is 0 Å². The van der Waals surface area contributed by atoms with E-state index in [4.69, 9.17) is 4.74 Å². The number of nitrogens with one attached hydrogen (secondary N) is 1. The van der Waals surface area contributed by atoms with Crippen molar-refractivity contribution in [3.63, 3.8) is 0 Å². The third kappa shape index (κ3) is 4.62. The summed E-state index contributed by atoms with van der Waals surface area (Å²) in [6, 6.07) is 11.7. The van der Waals surface area contributed by atoms with Crippen LogP contribution in [0.1, 0.15) is 39.2 Å². The Kier molecular flexibility index (Phi) is 6.01. The molecule has 0 saturated heterocycles. The van der Waals surface area contributed by atoms with E-state index < -0.39 is 0 Å². The predicted molar refractivity (Wildman–Crippen MR) is 87.0 cm³/mol. The lowest BCUT2D eigenvalue weighted by Gasteiger charge is -2.14. The minimum atomic E-state index is -0.0123. The van der Waals surface area contributed by atoms with Crippen LogP contribution < -0.4 is 10.1 Å². The van der Waals surface area contributed by atoms with Crippen LogP contribution in [0.3, 0.4) is 0 Å². The quantitative estimate of drug-likeness (QED) is 0.757. The molecular formula is C17H23N3O2. The van der Waals surface area contributed by atoms with Crippen molar-refractivity contribution in [2.24, 2.45) is 0 Å². The second-order valence-electron chi connectivity index (χ2n) is 5.23. The van der Waals surface area contributed by atoms with Gasteiger partial charge in [-0.05, 0) is 31.9 Å². The molecule has 0 fully saturated rings. The van der Waals surface area contributed by atoms with E-state index >= 15 is 0 Å². The molecule has 0 spiro atoms. The number of aromatic nitrogens is 2. The van der Waals surface area contributed by atoms with E-state index in [0.717, 1.165) is 18.0 Å². The SMILES string of the molecule is CCC(C)n1nccc1NC(=O)CCCOc1ccccc1. The summed E-state index contributed by atoms with van der Waals surface area (Å²) in [5.74, 6) is 1.57. The lowest BCUT2D eigenvalue weighted by molar-refractivity contribution is -0.116. The molecule has 1 aromatic carbocycles. The van der Waals surface area contributed by atoms with Gasteiger partial charge < -0.3 is 10.1 Å². The molecule has 2 rings (SSSR count). The van der Waals surface area contributed by atoms with Crippen LogP contribution in [0, 0.1) is 0 Å². The van der Waals surface area contributed by atoms with Gasteiger partial charge in [0.2, 0.25) is 5.91 Å². The summed E-state index contributed by atoms with van der Waals surface area (Å²) < 4.78 is 7.42. The van der Waals surface area contributed by atoms with E-state index in [2.05, 4.69) is 24.3 Å². The van der Waals surface area contributed by atoms with E-state index in [1.54, 1.807) is 6.20 Å². The van der Waals surface area contributed by atoms with Crippen LogP contribution >= 0.6 is 0 Å². The highest BCUT2D eigenvalue weighted by Crippen LogP contribution is 2.16. The molecule has 0 saturated carbocycles. The molecule has 0 aliphatic heterocycles. The molecule has 1 amide bonds. The fourth-order valence-corrected chi connectivity index (χ4v) is 2.08. The molecule has 1 atom stereocenters. The van der Waals surface area contributed by atoms with Crippen LogP contribution in [0.15, 0.2) is 42.6 Å². The average molecular weight is 301 g/mol. The number of carbonyl (C=O) groups excluding carboxylic acids is 1. The van der Waals surface area contributed by atoms with E-state index in [0.29, 0.717) is 19.4 Å². The zero-order valence-electron chi connectivity index (χ0n) is 13.2. The van der Waals surface area contributed by atoms with E-state index in [1.807, 2.05) is 41.1 Å². The number of hydrogen-bond acceptors (Lipinski definition) is 3. The maximum atomic E-state index is 12.0. The molecule has 0 aliphatic carbocycles. The van der Waals surface area contributed by atoms with Gasteiger partial charge in [-0.25, -0.2) is 4.68 Å². The number of hydrogen-bond donors (Lipinski definition) is 1. The Bertz CT molecular complexity index is 581. The summed E-state index contributed by atoms with van der Waals surface area (Å²) in [6.07, 6.45) is 3.78. The Morgan fingerprint density at radius 3 is 2.82 bits per heavy atom. The molecule has 1 aromatic heterocycles. The molecule has 5 nitrogen and oxygen atoms in total. The Labute approximate surface area is 131 Å². The number of para-hydroxylation sites is 1. The summed E-state index contributed by atoms with van der Waals surface area (Å²) >= 11 is 0. The van der Waals surface area contributed by atoms with Crippen molar-refractivity contribution in [3.8, 4) is 5.75 Å². The third-order valence-corrected chi connectivity index (χ3v) is 3.51. The highest BCUT2D eigenvalue weighted by atomic mass is 16.5. The van der Waals surface area contributed by atoms with Gasteiger partial charge in [0.05, 0.1) is 18.8 Å². The number of amides is 1. The van der Waals surface area contributed by atoms with Gasteiger partial charge in [-0.1, -0.05) is 25.1 Å². The standard InChI is InChI=1S/C17H23N3O2/c1-3-14(2)20-16(11-12-18-20)19-17(21)10-7-13-22-15-8-5-4-6-9-15/h4-6,8-9,11-12,14H,3,7,10,13H2,1-2H3,(H,19,21). The van der Waals surface area contributed by atoms with Gasteiger partial charge in [-0.2, -0.15) is 5.10 Å². The van der Waals surface area contributed by atoms with Crippen molar-refractivity contribution >= 4 is 11.7 Å². The van der Waals surface area contributed by atoms with Gasteiger partial charge in [-0.3, -0.25) is 4.79 Å². The van der Waals surface area contributed by atoms with Crippen LogP contribution in [-0.2, 0) is 4.79 Å². The van der Waals surface area contributed by atoms with Gasteiger partial charge in [0, 0.05) is 12.5 Å². The number of anilines is 1. The smallest absolute Gasteiger partial charge is 0.225 e. The van der Waals surface area contributed by atoms with Gasteiger partial charge in [0.1, 0.15) is 11.6 Å². The molecule has 0 radical (unpaired) electrons. The Morgan fingerprint density at radius 1 is 1.32 bits per heavy atom. The Hall–Kier alpha value is -2.30. The molecule has 1 unspecified atom stereocenters. The number of rotatable bonds is 8. The summed E-state index contributed by atoms with van der Waals surface area (Å²) in [7, 11) is 0. The van der Waals surface area contributed by atoms with Crippen LogP contribution in [0.5, 0.6) is 5.75 Å². The largest absolute Gasteiger partial charge is 0.494 e. The second kappa shape index (κ2) is 8.22. The van der Waals surface area contributed by atoms with Crippen molar-refractivity contribution in [2.45, 2.75) is 39.2 Å². The molecule has 5 heteroatoms. The minimum Gasteiger partial charge on any atom is -0.494 e. The van der Waals surface area contributed by atoms with Crippen molar-refractivity contribution in [1.29, 1.82) is 0 Å². The highest BCUT2D eigenvalue weighted by molar-refractivity contribution is 5.89. The number of ether oxygens (including phenoxy) is 1. The van der Waals surface area contributed by atoms with Crippen LogP contribution in [-0.4, -0.2) is 22.3 Å². The third-order valence-electron chi connectivity index (χ3n) is 3.51. The Morgan fingerprint density at radius 2 is 2.09 bits per heavy atom. The first-order chi connectivity index (χ1) is 10.7. The average Bonchev–Trinajstić information content (AvgIpc) is 3.00. The molecule has 22 heavy (non-hydrogen) atoms. The van der Waals surface area contributed by atoms with Crippen molar-refractivity contribution in [1.82, 2.24) is 9.78 Å². The maximum absolute atomic E-state index is 12.0. The zero-order chi connectivity index (χ0) is 15.8. The topological polar surface area (TPSA) is 56.2 Å². The van der Waals surface area contributed by atoms with Crippen LogP contribution in [0.4, 0.5) is 5.82 Å². The van der Waals surface area contributed by atoms with Gasteiger partial charge in [-0.15, -0.1) is 0 Å². The van der Waals surface area contributed by atoms with Crippen molar-refractivity contribution in [2.75, 3.05) is 11.9 Å². The van der Waals surface area contributed by atoms with E-state index in [9.17, 15) is 4.79 Å². The van der Waals surface area contributed by atoms with E-state index in [-0.39, 0.29) is 11.9 Å². The first kappa shape index (κ1) is 16.1. The summed E-state index contributed by atoms with van der Waals surface area (Å²) in [6.45, 7) is 4.71. The van der Waals surface area contributed by atoms with Crippen molar-refractivity contribution < 1.29 is 9.53 Å². The Balaban J connectivity index is 1.73. The first-order valence-electron chi connectivity index (χ1n) is 7.72.